The van der Waals surface area contributed by atoms with Crippen molar-refractivity contribution in [3.8, 4) is 0 Å². The smallest absolute Gasteiger partial charge is 0.450 e. The van der Waals surface area contributed by atoms with Gasteiger partial charge in [0, 0.05) is 0 Å². The van der Waals surface area contributed by atoms with Gasteiger partial charge in [-0.1, -0.05) is 12.2 Å². The van der Waals surface area contributed by atoms with Crippen LogP contribution in [0.4, 0.5) is 9.59 Å². The molecular formula is C8H8O7. The van der Waals surface area contributed by atoms with Crippen LogP contribution in [-0.4, -0.2) is 46.9 Å². The fourth-order valence-electron chi connectivity index (χ4n) is 1.74. The molecule has 7 heteroatoms. The van der Waals surface area contributed by atoms with Gasteiger partial charge in [0.05, 0.1) is 0 Å². The molecule has 15 heavy (non-hydrogen) atoms. The largest absolute Gasteiger partial charge is 0.506 e. The maximum atomic E-state index is 10.4. The average Bonchev–Trinajstić information content (AvgIpc) is 2.67. The van der Waals surface area contributed by atoms with Crippen molar-refractivity contribution in [3.05, 3.63) is 12.2 Å². The fourth-order valence-corrected chi connectivity index (χ4v) is 1.74. The number of fused-ring (bicyclic) bond motifs is 2. The molecule has 0 amide bonds. The highest BCUT2D eigenvalue weighted by molar-refractivity contribution is 5.59. The predicted molar refractivity (Wildman–Crippen MR) is 43.6 cm³/mol. The lowest BCUT2D eigenvalue weighted by molar-refractivity contribution is -0.0302. The lowest BCUT2D eigenvalue weighted by atomic mass is 10.0. The molecule has 0 aliphatic carbocycles. The zero-order valence-electron chi connectivity index (χ0n) is 7.40. The molecule has 82 valence electrons. The highest BCUT2D eigenvalue weighted by atomic mass is 16.7. The first-order valence-electron chi connectivity index (χ1n) is 4.21. The van der Waals surface area contributed by atoms with E-state index in [1.165, 1.54) is 0 Å². The summed E-state index contributed by atoms with van der Waals surface area (Å²) in [4.78, 5) is 20.7. The summed E-state index contributed by atoms with van der Waals surface area (Å²) in [7, 11) is 0. The number of carbonyl (C=O) groups is 2. The molecule has 2 rings (SSSR count). The second-order valence-corrected chi connectivity index (χ2v) is 3.15. The molecule has 0 aromatic rings. The van der Waals surface area contributed by atoms with Crippen LogP contribution in [0.25, 0.3) is 0 Å². The summed E-state index contributed by atoms with van der Waals surface area (Å²) >= 11 is 0. The Hall–Kier alpha value is -1.76. The van der Waals surface area contributed by atoms with Gasteiger partial charge in [-0.05, 0) is 0 Å². The normalized spacial score (nSPS) is 36.5. The third kappa shape index (κ3) is 1.73. The molecule has 2 aliphatic rings. The molecule has 1 fully saturated rings. The van der Waals surface area contributed by atoms with Gasteiger partial charge in [-0.3, -0.25) is 0 Å². The van der Waals surface area contributed by atoms with Gasteiger partial charge in [-0.15, -0.1) is 0 Å². The summed E-state index contributed by atoms with van der Waals surface area (Å²) in [5.41, 5.74) is 0. The van der Waals surface area contributed by atoms with Crippen LogP contribution in [-0.2, 0) is 14.2 Å². The molecule has 0 aromatic carbocycles. The van der Waals surface area contributed by atoms with Gasteiger partial charge in [0.2, 0.25) is 0 Å². The van der Waals surface area contributed by atoms with Crippen molar-refractivity contribution in [2.75, 3.05) is 0 Å². The van der Waals surface area contributed by atoms with Crippen LogP contribution in [0.1, 0.15) is 0 Å². The Morgan fingerprint density at radius 3 is 1.73 bits per heavy atom. The van der Waals surface area contributed by atoms with Crippen LogP contribution in [0.3, 0.4) is 0 Å². The van der Waals surface area contributed by atoms with E-state index in [0.717, 1.165) is 0 Å². The topological polar surface area (TPSA) is 102 Å². The monoisotopic (exact) mass is 216 g/mol. The summed E-state index contributed by atoms with van der Waals surface area (Å²) in [6, 6.07) is 0. The highest BCUT2D eigenvalue weighted by Crippen LogP contribution is 2.33. The number of ether oxygens (including phenoxy) is 3. The molecule has 4 atom stereocenters. The van der Waals surface area contributed by atoms with E-state index in [-0.39, 0.29) is 0 Å². The van der Waals surface area contributed by atoms with Gasteiger partial charge in [0.25, 0.3) is 0 Å². The van der Waals surface area contributed by atoms with Gasteiger partial charge < -0.3 is 24.4 Å². The van der Waals surface area contributed by atoms with E-state index in [0.29, 0.717) is 0 Å². The summed E-state index contributed by atoms with van der Waals surface area (Å²) in [5.74, 6) is 0. The number of hydrogen-bond donors (Lipinski definition) is 2. The second-order valence-electron chi connectivity index (χ2n) is 3.15. The maximum Gasteiger partial charge on any atom is 0.506 e. The first-order valence-corrected chi connectivity index (χ1v) is 4.21. The van der Waals surface area contributed by atoms with Crippen molar-refractivity contribution in [1.82, 2.24) is 0 Å². The molecule has 2 N–H and O–H groups in total. The number of carboxylic acid groups (broad SMARTS) is 2. The van der Waals surface area contributed by atoms with Crippen molar-refractivity contribution in [3.63, 3.8) is 0 Å². The molecule has 0 saturated carbocycles. The van der Waals surface area contributed by atoms with E-state index in [1.807, 2.05) is 0 Å². The zero-order valence-corrected chi connectivity index (χ0v) is 7.40. The Balaban J connectivity index is 2.09. The van der Waals surface area contributed by atoms with Crippen LogP contribution < -0.4 is 0 Å². The summed E-state index contributed by atoms with van der Waals surface area (Å²) in [6.07, 6.45) is -2.68. The summed E-state index contributed by atoms with van der Waals surface area (Å²) in [6.45, 7) is 0. The third-order valence-electron chi connectivity index (χ3n) is 2.25. The van der Waals surface area contributed by atoms with Crippen LogP contribution >= 0.6 is 0 Å². The number of hydrogen-bond acceptors (Lipinski definition) is 5. The molecule has 0 radical (unpaired) electrons. The molecule has 2 aliphatic heterocycles. The van der Waals surface area contributed by atoms with E-state index in [2.05, 4.69) is 9.47 Å². The standard InChI is InChI=1S/C8H8O7/c9-7(10)14-5-3-1-2-4(13-3)6(5)15-8(11)12/h1-6H,(H,9,10)(H,11,12)/t3-,4-,5-,6+/m1/s1. The Morgan fingerprint density at radius 2 is 1.40 bits per heavy atom. The van der Waals surface area contributed by atoms with E-state index in [1.54, 1.807) is 12.2 Å². The Kier molecular flexibility index (Phi) is 2.24. The van der Waals surface area contributed by atoms with Crippen LogP contribution in [0.15, 0.2) is 12.2 Å². The average molecular weight is 216 g/mol. The predicted octanol–water partition coefficient (Wildman–Crippen LogP) is 0.450. The van der Waals surface area contributed by atoms with Gasteiger partial charge in [0.15, 0.2) is 12.2 Å². The van der Waals surface area contributed by atoms with Crippen molar-refractivity contribution in [2.24, 2.45) is 0 Å². The Bertz CT molecular complexity index is 293. The highest BCUT2D eigenvalue weighted by Gasteiger charge is 2.51. The molecule has 2 heterocycles. The van der Waals surface area contributed by atoms with Crippen molar-refractivity contribution >= 4 is 12.3 Å². The molecule has 2 bridgehead atoms. The quantitative estimate of drug-likeness (QED) is 0.510. The van der Waals surface area contributed by atoms with E-state index < -0.39 is 36.7 Å². The van der Waals surface area contributed by atoms with Crippen molar-refractivity contribution < 1.29 is 34.0 Å². The lowest BCUT2D eigenvalue weighted by Crippen LogP contribution is -2.41. The van der Waals surface area contributed by atoms with Gasteiger partial charge in [0.1, 0.15) is 12.2 Å². The minimum Gasteiger partial charge on any atom is -0.450 e. The summed E-state index contributed by atoms with van der Waals surface area (Å²) < 4.78 is 14.2. The van der Waals surface area contributed by atoms with Crippen molar-refractivity contribution in [1.29, 1.82) is 0 Å². The summed E-state index contributed by atoms with van der Waals surface area (Å²) in [5, 5.41) is 16.9. The minimum absolute atomic E-state index is 0.560. The number of rotatable bonds is 2. The Morgan fingerprint density at radius 1 is 1.00 bits per heavy atom. The minimum atomic E-state index is -1.48. The Labute approximate surface area is 83.8 Å². The van der Waals surface area contributed by atoms with Gasteiger partial charge >= 0.3 is 12.3 Å². The van der Waals surface area contributed by atoms with E-state index in [4.69, 9.17) is 14.9 Å². The van der Waals surface area contributed by atoms with Crippen LogP contribution in [0.5, 0.6) is 0 Å². The van der Waals surface area contributed by atoms with Gasteiger partial charge in [-0.2, -0.15) is 0 Å². The van der Waals surface area contributed by atoms with E-state index >= 15 is 0 Å². The molecule has 0 unspecified atom stereocenters. The van der Waals surface area contributed by atoms with Crippen LogP contribution in [0.2, 0.25) is 0 Å². The fraction of sp³-hybridized carbons (Fsp3) is 0.500. The van der Waals surface area contributed by atoms with Gasteiger partial charge in [-0.25, -0.2) is 9.59 Å². The zero-order chi connectivity index (χ0) is 11.0. The van der Waals surface area contributed by atoms with Crippen LogP contribution in [0, 0.1) is 0 Å². The SMILES string of the molecule is O=C(O)O[C@@H]1[C@H](OC(=O)O)[C@H]2C=C[C@H]1O2. The lowest BCUT2D eigenvalue weighted by Gasteiger charge is -2.22. The third-order valence-corrected chi connectivity index (χ3v) is 2.25. The molecule has 0 aromatic heterocycles. The molecule has 1 saturated heterocycles. The first-order chi connectivity index (χ1) is 7.08. The first kappa shape index (κ1) is 9.78. The molecule has 0 spiro atoms. The molecule has 7 nitrogen and oxygen atoms in total. The molecular weight excluding hydrogens is 208 g/mol. The van der Waals surface area contributed by atoms with E-state index in [9.17, 15) is 9.59 Å². The maximum absolute atomic E-state index is 10.4. The van der Waals surface area contributed by atoms with Crippen molar-refractivity contribution in [2.45, 2.75) is 24.4 Å². The second kappa shape index (κ2) is 3.43.